The zero-order chi connectivity index (χ0) is 26.8. The molecular weight excluding hydrogens is 472 g/mol. The zero-order valence-corrected chi connectivity index (χ0v) is 21.7. The molecule has 0 saturated carbocycles. The molecule has 2 saturated heterocycles. The Labute approximate surface area is 217 Å². The molecular formula is C29H34N2O6. The van der Waals surface area contributed by atoms with Crippen LogP contribution in [0.4, 0.5) is 9.59 Å². The predicted molar refractivity (Wildman–Crippen MR) is 138 cm³/mol. The number of rotatable bonds is 5. The molecule has 0 bridgehead atoms. The minimum absolute atomic E-state index is 0.108. The number of ether oxygens (including phenoxy) is 2. The van der Waals surface area contributed by atoms with Crippen LogP contribution in [0.5, 0.6) is 0 Å². The summed E-state index contributed by atoms with van der Waals surface area (Å²) in [6.45, 7) is 6.10. The summed E-state index contributed by atoms with van der Waals surface area (Å²) >= 11 is 0. The van der Waals surface area contributed by atoms with Gasteiger partial charge in [0.15, 0.2) is 5.60 Å². The summed E-state index contributed by atoms with van der Waals surface area (Å²) in [7, 11) is 1.30. The largest absolute Gasteiger partial charge is 0.453 e. The lowest BCUT2D eigenvalue weighted by Gasteiger charge is -2.45. The number of carbonyl (C=O) groups excluding carboxylic acids is 2. The molecule has 0 aromatic heterocycles. The van der Waals surface area contributed by atoms with E-state index in [9.17, 15) is 19.8 Å². The van der Waals surface area contributed by atoms with Gasteiger partial charge in [-0.1, -0.05) is 54.3 Å². The molecule has 2 N–H and O–H groups in total. The molecule has 4 rings (SSSR count). The smallest absolute Gasteiger partial charge is 0.411 e. The standard InChI is InChI=1S/C29H34N2O6/c1-21(23-12-10-22(11-13-23)14-15-28(35)19-30(20-28)25(32)36-4)31-17-16-29(37-26(31)33,18-27(2,3)34)24-8-6-5-7-9-24/h5-13,21,34-35H,16-20H2,1-4H3/t21-,29?/m0/s1. The van der Waals surface area contributed by atoms with E-state index in [-0.39, 0.29) is 19.1 Å². The van der Waals surface area contributed by atoms with Gasteiger partial charge in [-0.3, -0.25) is 0 Å². The second-order valence-corrected chi connectivity index (χ2v) is 10.6. The molecule has 2 atom stereocenters. The molecule has 0 spiro atoms. The molecule has 0 radical (unpaired) electrons. The van der Waals surface area contributed by atoms with E-state index in [1.54, 1.807) is 18.7 Å². The summed E-state index contributed by atoms with van der Waals surface area (Å²) in [5, 5.41) is 21.0. The van der Waals surface area contributed by atoms with Gasteiger partial charge < -0.3 is 29.5 Å². The fourth-order valence-electron chi connectivity index (χ4n) is 5.03. The Kier molecular flexibility index (Phi) is 7.22. The van der Waals surface area contributed by atoms with E-state index >= 15 is 0 Å². The molecule has 8 nitrogen and oxygen atoms in total. The van der Waals surface area contributed by atoms with Crippen LogP contribution in [-0.2, 0) is 15.1 Å². The topological polar surface area (TPSA) is 99.5 Å². The number of methoxy groups -OCH3 is 1. The third-order valence-corrected chi connectivity index (χ3v) is 6.93. The first kappa shape index (κ1) is 26.5. The Bertz CT molecular complexity index is 1190. The van der Waals surface area contributed by atoms with Crippen LogP contribution in [0.15, 0.2) is 54.6 Å². The van der Waals surface area contributed by atoms with Gasteiger partial charge in [-0.15, -0.1) is 0 Å². The lowest BCUT2D eigenvalue weighted by molar-refractivity contribution is -0.101. The van der Waals surface area contributed by atoms with Crippen LogP contribution in [0.3, 0.4) is 0 Å². The number of aliphatic hydroxyl groups is 2. The fraction of sp³-hybridized carbons (Fsp3) is 0.448. The van der Waals surface area contributed by atoms with Crippen LogP contribution in [0, 0.1) is 11.8 Å². The van der Waals surface area contributed by atoms with Crippen molar-refractivity contribution in [2.75, 3.05) is 26.7 Å². The number of hydrogen-bond donors (Lipinski definition) is 2. The van der Waals surface area contributed by atoms with Crippen LogP contribution in [0.1, 0.15) is 56.3 Å². The molecule has 2 fully saturated rings. The summed E-state index contributed by atoms with van der Waals surface area (Å²) < 4.78 is 10.7. The highest BCUT2D eigenvalue weighted by atomic mass is 16.6. The van der Waals surface area contributed by atoms with E-state index in [2.05, 4.69) is 16.6 Å². The summed E-state index contributed by atoms with van der Waals surface area (Å²) in [4.78, 5) is 27.8. The van der Waals surface area contributed by atoms with Crippen molar-refractivity contribution < 1.29 is 29.3 Å². The monoisotopic (exact) mass is 506 g/mol. The number of amides is 2. The van der Waals surface area contributed by atoms with Crippen LogP contribution in [0.25, 0.3) is 0 Å². The molecule has 2 aromatic carbocycles. The van der Waals surface area contributed by atoms with Gasteiger partial charge in [0, 0.05) is 24.9 Å². The van der Waals surface area contributed by atoms with Gasteiger partial charge in [-0.2, -0.15) is 0 Å². The number of nitrogens with zero attached hydrogens (tertiary/aromatic N) is 2. The fourth-order valence-corrected chi connectivity index (χ4v) is 5.03. The van der Waals surface area contributed by atoms with E-state index < -0.39 is 29.0 Å². The highest BCUT2D eigenvalue weighted by Gasteiger charge is 2.46. The number of hydrogen-bond acceptors (Lipinski definition) is 6. The first-order valence-electron chi connectivity index (χ1n) is 12.4. The van der Waals surface area contributed by atoms with Crippen molar-refractivity contribution in [3.8, 4) is 11.8 Å². The average molecular weight is 507 g/mol. The molecule has 8 heteroatoms. The highest BCUT2D eigenvalue weighted by Crippen LogP contribution is 2.42. The van der Waals surface area contributed by atoms with Gasteiger partial charge >= 0.3 is 12.2 Å². The summed E-state index contributed by atoms with van der Waals surface area (Å²) in [6.07, 6.45) is -0.0445. The molecule has 2 heterocycles. The molecule has 2 aliphatic rings. The van der Waals surface area contributed by atoms with Crippen molar-refractivity contribution in [1.82, 2.24) is 9.80 Å². The molecule has 2 aliphatic heterocycles. The van der Waals surface area contributed by atoms with E-state index in [1.807, 2.05) is 61.5 Å². The van der Waals surface area contributed by atoms with E-state index in [0.29, 0.717) is 19.4 Å². The second-order valence-electron chi connectivity index (χ2n) is 10.6. The number of β-amino-alcohol motifs (C(OH)–C–C–N with tert-alkyl or cyclic N) is 1. The van der Waals surface area contributed by atoms with Gasteiger partial charge in [0.2, 0.25) is 0 Å². The van der Waals surface area contributed by atoms with Gasteiger partial charge in [0.1, 0.15) is 5.60 Å². The van der Waals surface area contributed by atoms with E-state index in [4.69, 9.17) is 4.74 Å². The number of cyclic esters (lactones) is 1. The normalized spacial score (nSPS) is 21.7. The Morgan fingerprint density at radius 2 is 1.81 bits per heavy atom. The molecule has 1 unspecified atom stereocenters. The SMILES string of the molecule is COC(=O)N1CC(O)(C#Cc2ccc([C@H](C)N3CCC(CC(C)(C)O)(c4ccccc4)OC3=O)cc2)C1. The lowest BCUT2D eigenvalue weighted by Crippen LogP contribution is -2.62. The maximum Gasteiger partial charge on any atom is 0.411 e. The van der Waals surface area contributed by atoms with Crippen LogP contribution < -0.4 is 0 Å². The van der Waals surface area contributed by atoms with E-state index in [1.165, 1.54) is 12.0 Å². The van der Waals surface area contributed by atoms with Crippen molar-refractivity contribution in [1.29, 1.82) is 0 Å². The highest BCUT2D eigenvalue weighted by molar-refractivity contribution is 5.70. The number of benzene rings is 2. The third-order valence-electron chi connectivity index (χ3n) is 6.93. The molecule has 0 aliphatic carbocycles. The van der Waals surface area contributed by atoms with Gasteiger partial charge in [0.25, 0.3) is 0 Å². The Balaban J connectivity index is 1.43. The summed E-state index contributed by atoms with van der Waals surface area (Å²) in [5.41, 5.74) is -0.621. The first-order valence-corrected chi connectivity index (χ1v) is 12.4. The summed E-state index contributed by atoms with van der Waals surface area (Å²) in [6, 6.07) is 16.9. The maximum atomic E-state index is 13.2. The third kappa shape index (κ3) is 5.90. The molecule has 196 valence electrons. The van der Waals surface area contributed by atoms with Crippen molar-refractivity contribution in [2.24, 2.45) is 0 Å². The van der Waals surface area contributed by atoms with Gasteiger partial charge in [-0.05, 0) is 44.0 Å². The minimum Gasteiger partial charge on any atom is -0.453 e. The van der Waals surface area contributed by atoms with Crippen molar-refractivity contribution >= 4 is 12.2 Å². The van der Waals surface area contributed by atoms with Gasteiger partial charge in [-0.25, -0.2) is 9.59 Å². The van der Waals surface area contributed by atoms with Crippen molar-refractivity contribution in [3.05, 3.63) is 71.3 Å². The zero-order valence-electron chi connectivity index (χ0n) is 21.7. The number of likely N-dealkylation sites (tertiary alicyclic amines) is 1. The minimum atomic E-state index is -1.24. The lowest BCUT2D eigenvalue weighted by atomic mass is 9.80. The second kappa shape index (κ2) is 10.1. The van der Waals surface area contributed by atoms with Crippen LogP contribution in [0.2, 0.25) is 0 Å². The Hall–Kier alpha value is -3.54. The molecule has 2 amide bonds. The molecule has 2 aromatic rings. The van der Waals surface area contributed by atoms with Crippen molar-refractivity contribution in [3.63, 3.8) is 0 Å². The first-order chi connectivity index (χ1) is 17.4. The number of carbonyl (C=O) groups is 2. The quantitative estimate of drug-likeness (QED) is 0.599. The van der Waals surface area contributed by atoms with Crippen molar-refractivity contribution in [2.45, 2.75) is 56.5 Å². The Morgan fingerprint density at radius 3 is 2.38 bits per heavy atom. The van der Waals surface area contributed by atoms with E-state index in [0.717, 1.165) is 16.7 Å². The maximum absolute atomic E-state index is 13.2. The Morgan fingerprint density at radius 1 is 1.16 bits per heavy atom. The average Bonchev–Trinajstić information content (AvgIpc) is 2.85. The predicted octanol–water partition coefficient (Wildman–Crippen LogP) is 3.81. The van der Waals surface area contributed by atoms with Gasteiger partial charge in [0.05, 0.1) is 31.8 Å². The molecule has 37 heavy (non-hydrogen) atoms. The van der Waals surface area contributed by atoms with Crippen LogP contribution in [-0.4, -0.2) is 70.1 Å². The van der Waals surface area contributed by atoms with Crippen LogP contribution >= 0.6 is 0 Å². The summed E-state index contributed by atoms with van der Waals surface area (Å²) in [5.74, 6) is 5.80.